The lowest BCUT2D eigenvalue weighted by molar-refractivity contribution is 0.0979. The average molecular weight is 391 g/mol. The van der Waals surface area contributed by atoms with Crippen LogP contribution in [0.15, 0.2) is 24.3 Å². The minimum absolute atomic E-state index is 0.192. The van der Waals surface area contributed by atoms with Crippen LogP contribution in [0.1, 0.15) is 25.3 Å². The van der Waals surface area contributed by atoms with Gasteiger partial charge in [0.05, 0.1) is 26.4 Å². The molecule has 0 aliphatic rings. The second kappa shape index (κ2) is 10.5. The van der Waals surface area contributed by atoms with E-state index in [9.17, 15) is 8.78 Å². The van der Waals surface area contributed by atoms with Crippen molar-refractivity contribution in [1.29, 1.82) is 5.26 Å². The molecule has 0 spiro atoms. The normalized spacial score (nSPS) is 10.4. The summed E-state index contributed by atoms with van der Waals surface area (Å²) in [5, 5.41) is 8.84. The largest absolute Gasteiger partial charge is 0.496 e. The van der Waals surface area contributed by atoms with Crippen LogP contribution in [0.2, 0.25) is 0 Å². The van der Waals surface area contributed by atoms with Crippen LogP contribution in [0.4, 0.5) is 8.78 Å². The van der Waals surface area contributed by atoms with E-state index in [0.29, 0.717) is 42.6 Å². The maximum atomic E-state index is 14.1. The van der Waals surface area contributed by atoms with Gasteiger partial charge in [0, 0.05) is 18.7 Å². The van der Waals surface area contributed by atoms with Crippen LogP contribution in [0.3, 0.4) is 0 Å². The zero-order valence-electron chi connectivity index (χ0n) is 16.2. The van der Waals surface area contributed by atoms with Crippen LogP contribution >= 0.6 is 0 Å². The summed E-state index contributed by atoms with van der Waals surface area (Å²) in [6.07, 6.45) is 2.06. The van der Waals surface area contributed by atoms with E-state index < -0.39 is 17.2 Å². The molecule has 0 fully saturated rings. The van der Waals surface area contributed by atoms with Crippen molar-refractivity contribution in [3.05, 3.63) is 41.5 Å². The molecule has 0 amide bonds. The van der Waals surface area contributed by atoms with Gasteiger partial charge in [-0.25, -0.2) is 8.78 Å². The van der Waals surface area contributed by atoms with Gasteiger partial charge >= 0.3 is 0 Å². The topological polar surface area (TPSA) is 60.7 Å². The number of unbranched alkanes of at least 4 members (excludes halogenated alkanes) is 1. The van der Waals surface area contributed by atoms with Gasteiger partial charge in [-0.2, -0.15) is 5.26 Å². The molecule has 0 saturated carbocycles. The molecule has 0 aromatic heterocycles. The monoisotopic (exact) mass is 391 g/mol. The van der Waals surface area contributed by atoms with Gasteiger partial charge in [-0.05, 0) is 24.1 Å². The maximum Gasteiger partial charge on any atom is 0.144 e. The molecule has 0 aliphatic heterocycles. The number of benzene rings is 2. The minimum atomic E-state index is -0.953. The highest BCUT2D eigenvalue weighted by atomic mass is 19.1. The Morgan fingerprint density at radius 1 is 0.929 bits per heavy atom. The van der Waals surface area contributed by atoms with Crippen molar-refractivity contribution in [2.24, 2.45) is 0 Å². The summed E-state index contributed by atoms with van der Waals surface area (Å²) in [5.74, 6) is -0.780. The second-order valence-corrected chi connectivity index (χ2v) is 5.94. The Morgan fingerprint density at radius 2 is 1.54 bits per heavy atom. The van der Waals surface area contributed by atoms with Crippen molar-refractivity contribution in [3.63, 3.8) is 0 Å². The Labute approximate surface area is 163 Å². The third kappa shape index (κ3) is 5.11. The maximum absolute atomic E-state index is 14.1. The van der Waals surface area contributed by atoms with Crippen LogP contribution in [-0.4, -0.2) is 34.0 Å². The molecule has 0 radical (unpaired) electrons. The summed E-state index contributed by atoms with van der Waals surface area (Å²) < 4.78 is 50.0. The van der Waals surface area contributed by atoms with Crippen LogP contribution in [0.5, 0.6) is 17.2 Å². The first kappa shape index (κ1) is 21.5. The highest BCUT2D eigenvalue weighted by molar-refractivity contribution is 5.78. The van der Waals surface area contributed by atoms with Gasteiger partial charge in [0.15, 0.2) is 0 Å². The molecule has 0 saturated heterocycles. The van der Waals surface area contributed by atoms with E-state index in [0.717, 1.165) is 25.0 Å². The number of ether oxygens (including phenoxy) is 4. The van der Waals surface area contributed by atoms with E-state index in [1.807, 2.05) is 0 Å². The minimum Gasteiger partial charge on any atom is -0.496 e. The molecule has 0 bridgehead atoms. The van der Waals surface area contributed by atoms with E-state index in [-0.39, 0.29) is 5.56 Å². The lowest BCUT2D eigenvalue weighted by atomic mass is 10.0. The molecule has 28 heavy (non-hydrogen) atoms. The molecule has 0 unspecified atom stereocenters. The third-order valence-corrected chi connectivity index (χ3v) is 4.06. The fourth-order valence-electron chi connectivity index (χ4n) is 2.65. The zero-order chi connectivity index (χ0) is 20.5. The first-order valence-electron chi connectivity index (χ1n) is 8.91. The smallest absolute Gasteiger partial charge is 0.144 e. The van der Waals surface area contributed by atoms with Gasteiger partial charge in [-0.3, -0.25) is 0 Å². The molecule has 0 aliphatic carbocycles. The Morgan fingerprint density at radius 3 is 2.04 bits per heavy atom. The summed E-state index contributed by atoms with van der Waals surface area (Å²) >= 11 is 0. The highest BCUT2D eigenvalue weighted by Gasteiger charge is 2.19. The van der Waals surface area contributed by atoms with Crippen molar-refractivity contribution < 1.29 is 27.7 Å². The van der Waals surface area contributed by atoms with Gasteiger partial charge in [-0.1, -0.05) is 13.3 Å². The fraction of sp³-hybridized carbons (Fsp3) is 0.381. The molecule has 0 N–H and O–H groups in total. The molecular weight excluding hydrogens is 368 g/mol. The van der Waals surface area contributed by atoms with Crippen molar-refractivity contribution >= 4 is 0 Å². The van der Waals surface area contributed by atoms with Gasteiger partial charge in [-0.15, -0.1) is 0 Å². The number of rotatable bonds is 10. The standard InChI is InChI=1S/C21H23F2NO4/c1-4-5-6-27-7-8-28-15-11-19(25-2)21(20(12-15)26-3)14-9-17(22)16(13-24)18(23)10-14/h9-12H,4-8H2,1-3H3. The number of hydrogen-bond donors (Lipinski definition) is 0. The van der Waals surface area contributed by atoms with E-state index in [1.165, 1.54) is 20.3 Å². The molecule has 2 aromatic carbocycles. The van der Waals surface area contributed by atoms with Gasteiger partial charge in [0.2, 0.25) is 0 Å². The predicted molar refractivity (Wildman–Crippen MR) is 101 cm³/mol. The molecule has 150 valence electrons. The van der Waals surface area contributed by atoms with Crippen molar-refractivity contribution in [2.45, 2.75) is 19.8 Å². The lowest BCUT2D eigenvalue weighted by Crippen LogP contribution is -2.08. The quantitative estimate of drug-likeness (QED) is 0.549. The molecule has 2 aromatic rings. The van der Waals surface area contributed by atoms with Crippen LogP contribution < -0.4 is 14.2 Å². The number of hydrogen-bond acceptors (Lipinski definition) is 5. The Balaban J connectivity index is 2.30. The first-order valence-corrected chi connectivity index (χ1v) is 8.91. The van der Waals surface area contributed by atoms with E-state index in [4.69, 9.17) is 24.2 Å². The van der Waals surface area contributed by atoms with Crippen LogP contribution in [0.25, 0.3) is 11.1 Å². The lowest BCUT2D eigenvalue weighted by Gasteiger charge is -2.16. The molecule has 0 atom stereocenters. The van der Waals surface area contributed by atoms with Crippen molar-refractivity contribution in [3.8, 4) is 34.4 Å². The second-order valence-electron chi connectivity index (χ2n) is 5.94. The van der Waals surface area contributed by atoms with Crippen molar-refractivity contribution in [1.82, 2.24) is 0 Å². The Hall–Kier alpha value is -2.85. The summed E-state index contributed by atoms with van der Waals surface area (Å²) in [6.45, 7) is 3.56. The number of methoxy groups -OCH3 is 2. The fourth-order valence-corrected chi connectivity index (χ4v) is 2.65. The Bertz CT molecular complexity index is 801. The molecule has 0 heterocycles. The average Bonchev–Trinajstić information content (AvgIpc) is 2.69. The SMILES string of the molecule is CCCCOCCOc1cc(OC)c(-c2cc(F)c(C#N)c(F)c2)c(OC)c1. The predicted octanol–water partition coefficient (Wildman–Crippen LogP) is 4.72. The van der Waals surface area contributed by atoms with E-state index in [2.05, 4.69) is 6.92 Å². The van der Waals surface area contributed by atoms with E-state index in [1.54, 1.807) is 12.1 Å². The summed E-state index contributed by atoms with van der Waals surface area (Å²) in [4.78, 5) is 0. The van der Waals surface area contributed by atoms with Crippen molar-refractivity contribution in [2.75, 3.05) is 34.0 Å². The molecule has 2 rings (SSSR count). The Kier molecular flexibility index (Phi) is 8.02. The van der Waals surface area contributed by atoms with E-state index >= 15 is 0 Å². The molecular formula is C21H23F2NO4. The first-order chi connectivity index (χ1) is 13.5. The molecule has 5 nitrogen and oxygen atoms in total. The summed E-state index contributed by atoms with van der Waals surface area (Å²) in [6, 6.07) is 6.87. The van der Waals surface area contributed by atoms with Gasteiger partial charge < -0.3 is 18.9 Å². The summed E-state index contributed by atoms with van der Waals surface area (Å²) in [5.41, 5.74) is -0.0827. The zero-order valence-corrected chi connectivity index (χ0v) is 16.2. The number of nitrogens with zero attached hydrogens (tertiary/aromatic N) is 1. The number of nitriles is 1. The summed E-state index contributed by atoms with van der Waals surface area (Å²) in [7, 11) is 2.87. The van der Waals surface area contributed by atoms with Gasteiger partial charge in [0.1, 0.15) is 47.1 Å². The number of halogens is 2. The van der Waals surface area contributed by atoms with Crippen LogP contribution in [0, 0.1) is 23.0 Å². The highest BCUT2D eigenvalue weighted by Crippen LogP contribution is 2.42. The third-order valence-electron chi connectivity index (χ3n) is 4.06. The van der Waals surface area contributed by atoms with Gasteiger partial charge in [0.25, 0.3) is 0 Å². The van der Waals surface area contributed by atoms with Crippen LogP contribution in [-0.2, 0) is 4.74 Å². The molecule has 7 heteroatoms.